The van der Waals surface area contributed by atoms with E-state index >= 15 is 0 Å². The van der Waals surface area contributed by atoms with E-state index in [1.54, 1.807) is 24.8 Å². The highest BCUT2D eigenvalue weighted by molar-refractivity contribution is 7.98. The number of carbonyl (C=O) groups is 2. The minimum Gasteiger partial charge on any atom is -0.472 e. The molecule has 0 saturated carbocycles. The van der Waals surface area contributed by atoms with Gasteiger partial charge in [0, 0.05) is 10.6 Å². The second kappa shape index (κ2) is 6.99. The van der Waals surface area contributed by atoms with Crippen molar-refractivity contribution in [3.05, 3.63) is 48.4 Å². The molecule has 1 atom stereocenters. The maximum Gasteiger partial charge on any atom is 0.255 e. The number of benzene rings is 1. The van der Waals surface area contributed by atoms with Gasteiger partial charge in [0.1, 0.15) is 12.3 Å². The fourth-order valence-electron chi connectivity index (χ4n) is 1.66. The SMILES string of the molecule is CSc1ccc(NC(=O)C(C)NC(=O)c2ccoc2)cc1. The molecule has 21 heavy (non-hydrogen) atoms. The summed E-state index contributed by atoms with van der Waals surface area (Å²) in [6.07, 6.45) is 4.73. The molecule has 2 rings (SSSR count). The number of amides is 2. The lowest BCUT2D eigenvalue weighted by Crippen LogP contribution is -2.41. The third kappa shape index (κ3) is 4.13. The largest absolute Gasteiger partial charge is 0.472 e. The fraction of sp³-hybridized carbons (Fsp3) is 0.200. The van der Waals surface area contributed by atoms with Crippen LogP contribution in [0.25, 0.3) is 0 Å². The number of anilines is 1. The zero-order chi connectivity index (χ0) is 15.2. The Kier molecular flexibility index (Phi) is 5.05. The standard InChI is InChI=1S/C15H16N2O3S/c1-10(16-15(19)11-7-8-20-9-11)14(18)17-12-3-5-13(21-2)6-4-12/h3-10H,1-2H3,(H,16,19)(H,17,18). The average Bonchev–Trinajstić information content (AvgIpc) is 3.02. The Morgan fingerprint density at radius 3 is 2.48 bits per heavy atom. The van der Waals surface area contributed by atoms with Crippen LogP contribution in [-0.4, -0.2) is 24.1 Å². The molecule has 0 fully saturated rings. The van der Waals surface area contributed by atoms with Gasteiger partial charge in [-0.1, -0.05) is 0 Å². The van der Waals surface area contributed by atoms with Crippen molar-refractivity contribution in [2.75, 3.05) is 11.6 Å². The van der Waals surface area contributed by atoms with Crippen LogP contribution in [0, 0.1) is 0 Å². The van der Waals surface area contributed by atoms with Crippen LogP contribution >= 0.6 is 11.8 Å². The van der Waals surface area contributed by atoms with Crippen LogP contribution in [0.5, 0.6) is 0 Å². The molecule has 2 amide bonds. The van der Waals surface area contributed by atoms with Crippen molar-refractivity contribution in [1.82, 2.24) is 5.32 Å². The monoisotopic (exact) mass is 304 g/mol. The van der Waals surface area contributed by atoms with Gasteiger partial charge in [-0.25, -0.2) is 0 Å². The molecule has 0 aliphatic carbocycles. The molecular formula is C15H16N2O3S. The van der Waals surface area contributed by atoms with E-state index in [0.29, 0.717) is 11.3 Å². The second-order valence-electron chi connectivity index (χ2n) is 4.42. The van der Waals surface area contributed by atoms with Gasteiger partial charge in [0.2, 0.25) is 5.91 Å². The van der Waals surface area contributed by atoms with Gasteiger partial charge in [-0.05, 0) is 43.5 Å². The van der Waals surface area contributed by atoms with Crippen LogP contribution in [0.2, 0.25) is 0 Å². The average molecular weight is 304 g/mol. The minimum absolute atomic E-state index is 0.274. The first kappa shape index (κ1) is 15.2. The third-order valence-electron chi connectivity index (χ3n) is 2.88. The molecule has 110 valence electrons. The normalized spacial score (nSPS) is 11.7. The summed E-state index contributed by atoms with van der Waals surface area (Å²) in [7, 11) is 0. The van der Waals surface area contributed by atoms with Crippen LogP contribution in [0.1, 0.15) is 17.3 Å². The summed E-state index contributed by atoms with van der Waals surface area (Å²) in [5.41, 5.74) is 1.08. The van der Waals surface area contributed by atoms with Gasteiger partial charge < -0.3 is 15.1 Å². The van der Waals surface area contributed by atoms with E-state index in [9.17, 15) is 9.59 Å². The molecule has 2 aromatic rings. The molecule has 1 unspecified atom stereocenters. The lowest BCUT2D eigenvalue weighted by atomic mass is 10.2. The highest BCUT2D eigenvalue weighted by Gasteiger charge is 2.17. The highest BCUT2D eigenvalue weighted by Crippen LogP contribution is 2.17. The predicted molar refractivity (Wildman–Crippen MR) is 82.5 cm³/mol. The number of hydrogen-bond donors (Lipinski definition) is 2. The Bertz CT molecular complexity index is 608. The van der Waals surface area contributed by atoms with Crippen molar-refractivity contribution in [3.8, 4) is 0 Å². The van der Waals surface area contributed by atoms with Crippen molar-refractivity contribution in [2.45, 2.75) is 17.9 Å². The van der Waals surface area contributed by atoms with Crippen molar-refractivity contribution in [1.29, 1.82) is 0 Å². The number of nitrogens with one attached hydrogen (secondary N) is 2. The predicted octanol–water partition coefficient (Wildman–Crippen LogP) is 2.76. The maximum atomic E-state index is 12.0. The van der Waals surface area contributed by atoms with E-state index in [2.05, 4.69) is 10.6 Å². The first-order chi connectivity index (χ1) is 10.1. The first-order valence-electron chi connectivity index (χ1n) is 6.38. The van der Waals surface area contributed by atoms with Crippen molar-refractivity contribution >= 4 is 29.3 Å². The third-order valence-corrected chi connectivity index (χ3v) is 3.63. The Morgan fingerprint density at radius 2 is 1.90 bits per heavy atom. The van der Waals surface area contributed by atoms with E-state index in [1.165, 1.54) is 12.5 Å². The molecule has 2 N–H and O–H groups in total. The summed E-state index contributed by atoms with van der Waals surface area (Å²) in [5, 5.41) is 5.37. The summed E-state index contributed by atoms with van der Waals surface area (Å²) in [6, 6.07) is 8.40. The second-order valence-corrected chi connectivity index (χ2v) is 5.30. The summed E-state index contributed by atoms with van der Waals surface area (Å²) >= 11 is 1.63. The van der Waals surface area contributed by atoms with Crippen molar-refractivity contribution < 1.29 is 14.0 Å². The maximum absolute atomic E-state index is 12.0. The summed E-state index contributed by atoms with van der Waals surface area (Å²) in [6.45, 7) is 1.63. The van der Waals surface area contributed by atoms with Gasteiger partial charge in [-0.3, -0.25) is 9.59 Å². The molecule has 0 bridgehead atoms. The van der Waals surface area contributed by atoms with Crippen LogP contribution in [-0.2, 0) is 4.79 Å². The molecule has 1 aromatic heterocycles. The number of furan rings is 1. The van der Waals surface area contributed by atoms with Crippen LogP contribution in [0.4, 0.5) is 5.69 Å². The van der Waals surface area contributed by atoms with Gasteiger partial charge in [0.25, 0.3) is 5.91 Å². The number of rotatable bonds is 5. The van der Waals surface area contributed by atoms with E-state index in [-0.39, 0.29) is 11.8 Å². The Labute approximate surface area is 127 Å². The molecular weight excluding hydrogens is 288 g/mol. The topological polar surface area (TPSA) is 71.3 Å². The van der Waals surface area contributed by atoms with Crippen LogP contribution in [0.3, 0.4) is 0 Å². The van der Waals surface area contributed by atoms with Crippen LogP contribution < -0.4 is 10.6 Å². The molecule has 1 aromatic carbocycles. The molecule has 0 saturated heterocycles. The minimum atomic E-state index is -0.646. The van der Waals surface area contributed by atoms with Gasteiger partial charge in [-0.2, -0.15) is 0 Å². The van der Waals surface area contributed by atoms with Gasteiger partial charge >= 0.3 is 0 Å². The highest BCUT2D eigenvalue weighted by atomic mass is 32.2. The number of carbonyl (C=O) groups excluding carboxylic acids is 2. The lowest BCUT2D eigenvalue weighted by Gasteiger charge is -2.13. The Morgan fingerprint density at radius 1 is 1.19 bits per heavy atom. The van der Waals surface area contributed by atoms with Crippen molar-refractivity contribution in [2.24, 2.45) is 0 Å². The molecule has 6 heteroatoms. The van der Waals surface area contributed by atoms with E-state index in [4.69, 9.17) is 4.42 Å². The molecule has 5 nitrogen and oxygen atoms in total. The van der Waals surface area contributed by atoms with E-state index < -0.39 is 6.04 Å². The lowest BCUT2D eigenvalue weighted by molar-refractivity contribution is -0.117. The van der Waals surface area contributed by atoms with E-state index in [0.717, 1.165) is 4.90 Å². The van der Waals surface area contributed by atoms with Crippen LogP contribution in [0.15, 0.2) is 52.2 Å². The summed E-state index contributed by atoms with van der Waals surface area (Å²) in [4.78, 5) is 24.9. The fourth-order valence-corrected chi connectivity index (χ4v) is 2.07. The zero-order valence-electron chi connectivity index (χ0n) is 11.8. The Balaban J connectivity index is 1.91. The quantitative estimate of drug-likeness (QED) is 0.833. The number of hydrogen-bond acceptors (Lipinski definition) is 4. The van der Waals surface area contributed by atoms with Crippen molar-refractivity contribution in [3.63, 3.8) is 0 Å². The molecule has 0 aliphatic heterocycles. The van der Waals surface area contributed by atoms with Gasteiger partial charge in [0.05, 0.1) is 11.8 Å². The van der Waals surface area contributed by atoms with E-state index in [1.807, 2.05) is 30.5 Å². The molecule has 0 spiro atoms. The zero-order valence-corrected chi connectivity index (χ0v) is 12.6. The number of thioether (sulfide) groups is 1. The van der Waals surface area contributed by atoms with Gasteiger partial charge in [-0.15, -0.1) is 11.8 Å². The summed E-state index contributed by atoms with van der Waals surface area (Å²) in [5.74, 6) is -0.618. The summed E-state index contributed by atoms with van der Waals surface area (Å²) < 4.78 is 4.83. The Hall–Kier alpha value is -2.21. The van der Waals surface area contributed by atoms with Gasteiger partial charge in [0.15, 0.2) is 0 Å². The molecule has 0 radical (unpaired) electrons. The first-order valence-corrected chi connectivity index (χ1v) is 7.60. The molecule has 1 heterocycles. The smallest absolute Gasteiger partial charge is 0.255 e. The molecule has 0 aliphatic rings.